The molecule has 1 aromatic carbocycles. The summed E-state index contributed by atoms with van der Waals surface area (Å²) in [6.07, 6.45) is 5.01. The summed E-state index contributed by atoms with van der Waals surface area (Å²) in [6, 6.07) is 11.4. The molecule has 0 aliphatic carbocycles. The number of rotatable bonds is 6. The van der Waals surface area contributed by atoms with Crippen LogP contribution in [0.3, 0.4) is 0 Å². The highest BCUT2D eigenvalue weighted by Crippen LogP contribution is 2.30. The van der Waals surface area contributed by atoms with Crippen LogP contribution in [-0.4, -0.2) is 46.8 Å². The van der Waals surface area contributed by atoms with Crippen molar-refractivity contribution in [2.45, 2.75) is 25.3 Å². The van der Waals surface area contributed by atoms with Gasteiger partial charge in [-0.05, 0) is 37.6 Å². The maximum absolute atomic E-state index is 12.1. The minimum absolute atomic E-state index is 0.0845. The van der Waals surface area contributed by atoms with Crippen molar-refractivity contribution in [3.8, 4) is 5.69 Å². The van der Waals surface area contributed by atoms with E-state index < -0.39 is 11.9 Å². The highest BCUT2D eigenvalue weighted by Gasteiger charge is 2.28. The molecule has 0 radical (unpaired) electrons. The maximum atomic E-state index is 12.1. The van der Waals surface area contributed by atoms with Crippen LogP contribution in [0.25, 0.3) is 5.69 Å². The minimum Gasteiger partial charge on any atom is -0.467 e. The molecule has 8 nitrogen and oxygen atoms in total. The van der Waals surface area contributed by atoms with E-state index in [0.29, 0.717) is 23.4 Å². The fourth-order valence-corrected chi connectivity index (χ4v) is 3.92. The van der Waals surface area contributed by atoms with Gasteiger partial charge < -0.3 is 14.9 Å². The number of likely N-dealkylation sites (tertiary alicyclic amines) is 1. The summed E-state index contributed by atoms with van der Waals surface area (Å²) in [4.78, 5) is 25.9. The van der Waals surface area contributed by atoms with Gasteiger partial charge in [-0.2, -0.15) is 5.10 Å². The van der Waals surface area contributed by atoms with Crippen LogP contribution in [-0.2, 0) is 11.3 Å². The average molecular weight is 408 g/mol. The first-order valence-electron chi connectivity index (χ1n) is 9.88. The third kappa shape index (κ3) is 4.13. The highest BCUT2D eigenvalue weighted by molar-refractivity contribution is 5.94. The number of nitrogens with two attached hydrogens (primary N) is 1. The number of carbonyl (C=O) groups excluding carboxylic acids is 2. The summed E-state index contributed by atoms with van der Waals surface area (Å²) in [7, 11) is 1.34. The number of esters is 1. The molecule has 0 bridgehead atoms. The Kier molecular flexibility index (Phi) is 5.67. The molecule has 1 atom stereocenters. The number of piperidine rings is 1. The first-order chi connectivity index (χ1) is 14.5. The molecule has 0 saturated carbocycles. The second-order valence-corrected chi connectivity index (χ2v) is 7.44. The number of carbonyl (C=O) groups is 2. The number of ether oxygens (including phenoxy) is 1. The largest absolute Gasteiger partial charge is 0.467 e. The second-order valence-electron chi connectivity index (χ2n) is 7.44. The number of para-hydroxylation sites is 1. The smallest absolute Gasteiger partial charge is 0.341 e. The van der Waals surface area contributed by atoms with Crippen molar-refractivity contribution >= 4 is 11.9 Å². The summed E-state index contributed by atoms with van der Waals surface area (Å²) in [5.41, 5.74) is 8.11. The van der Waals surface area contributed by atoms with Gasteiger partial charge in [-0.25, -0.2) is 9.48 Å². The van der Waals surface area contributed by atoms with Crippen molar-refractivity contribution < 1.29 is 18.7 Å². The van der Waals surface area contributed by atoms with Gasteiger partial charge >= 0.3 is 5.97 Å². The third-order valence-electron chi connectivity index (χ3n) is 5.38. The van der Waals surface area contributed by atoms with Crippen molar-refractivity contribution in [2.75, 3.05) is 20.2 Å². The standard InChI is InChI=1S/C22H24N4O4/c1-29-22(28)16-10-18(30-14-16)12-25-9-5-6-15(11-25)20-19(21(23)27)13-26(24-20)17-7-3-2-4-8-17/h2-4,7-8,10,13-15H,5-6,9,11-12H2,1H3,(H2,23,27)/t15-/m0/s1. The molecule has 30 heavy (non-hydrogen) atoms. The molecule has 1 aliphatic rings. The lowest BCUT2D eigenvalue weighted by atomic mass is 9.92. The summed E-state index contributed by atoms with van der Waals surface area (Å²) < 4.78 is 12.0. The van der Waals surface area contributed by atoms with Gasteiger partial charge in [0.2, 0.25) is 0 Å². The number of amides is 1. The molecular formula is C22H24N4O4. The fraction of sp³-hybridized carbons (Fsp3) is 0.318. The van der Waals surface area contributed by atoms with E-state index in [1.165, 1.54) is 13.4 Å². The van der Waals surface area contributed by atoms with E-state index in [0.717, 1.165) is 37.3 Å². The van der Waals surface area contributed by atoms with Gasteiger partial charge in [-0.1, -0.05) is 18.2 Å². The van der Waals surface area contributed by atoms with Gasteiger partial charge in [0.05, 0.1) is 36.2 Å². The molecule has 4 rings (SSSR count). The molecule has 1 amide bonds. The van der Waals surface area contributed by atoms with E-state index in [1.54, 1.807) is 16.9 Å². The molecule has 2 aromatic heterocycles. The Morgan fingerprint density at radius 1 is 1.30 bits per heavy atom. The summed E-state index contributed by atoms with van der Waals surface area (Å²) in [5.74, 6) is -0.112. The van der Waals surface area contributed by atoms with Gasteiger partial charge in [0.25, 0.3) is 5.91 Å². The molecule has 3 aromatic rings. The zero-order valence-corrected chi connectivity index (χ0v) is 16.8. The quantitative estimate of drug-likeness (QED) is 0.629. The molecule has 0 unspecified atom stereocenters. The molecule has 0 spiro atoms. The van der Waals surface area contributed by atoms with Gasteiger partial charge in [-0.15, -0.1) is 0 Å². The van der Waals surface area contributed by atoms with E-state index in [4.69, 9.17) is 20.0 Å². The lowest BCUT2D eigenvalue weighted by molar-refractivity contribution is 0.0599. The number of nitrogens with zero attached hydrogens (tertiary/aromatic N) is 3. The number of hydrogen-bond donors (Lipinski definition) is 1. The lowest BCUT2D eigenvalue weighted by Crippen LogP contribution is -2.34. The zero-order chi connectivity index (χ0) is 21.1. The summed E-state index contributed by atoms with van der Waals surface area (Å²) >= 11 is 0. The minimum atomic E-state index is -0.474. The van der Waals surface area contributed by atoms with Crippen molar-refractivity contribution in [2.24, 2.45) is 5.73 Å². The maximum Gasteiger partial charge on any atom is 0.341 e. The van der Waals surface area contributed by atoms with Crippen LogP contribution in [0.4, 0.5) is 0 Å². The Balaban J connectivity index is 1.53. The number of benzene rings is 1. The fourth-order valence-electron chi connectivity index (χ4n) is 3.92. The topological polar surface area (TPSA) is 104 Å². The first kappa shape index (κ1) is 19.9. The Morgan fingerprint density at radius 2 is 2.10 bits per heavy atom. The van der Waals surface area contributed by atoms with Gasteiger partial charge in [0.15, 0.2) is 0 Å². The third-order valence-corrected chi connectivity index (χ3v) is 5.38. The Bertz CT molecular complexity index is 1040. The van der Waals surface area contributed by atoms with Crippen LogP contribution in [0.15, 0.2) is 53.3 Å². The highest BCUT2D eigenvalue weighted by atomic mass is 16.5. The normalized spacial score (nSPS) is 17.0. The summed E-state index contributed by atoms with van der Waals surface area (Å²) in [5, 5.41) is 4.71. The monoisotopic (exact) mass is 408 g/mol. The molecular weight excluding hydrogens is 384 g/mol. The average Bonchev–Trinajstić information content (AvgIpc) is 3.42. The van der Waals surface area contributed by atoms with Crippen molar-refractivity contribution in [1.29, 1.82) is 0 Å². The van der Waals surface area contributed by atoms with Gasteiger partial charge in [0, 0.05) is 18.7 Å². The molecule has 1 aliphatic heterocycles. The predicted octanol–water partition coefficient (Wildman–Crippen LogP) is 2.73. The van der Waals surface area contributed by atoms with E-state index in [1.807, 2.05) is 30.3 Å². The van der Waals surface area contributed by atoms with Crippen LogP contribution >= 0.6 is 0 Å². The number of furan rings is 1. The van der Waals surface area contributed by atoms with Crippen LogP contribution < -0.4 is 5.73 Å². The van der Waals surface area contributed by atoms with Gasteiger partial charge in [0.1, 0.15) is 12.0 Å². The zero-order valence-electron chi connectivity index (χ0n) is 16.8. The van der Waals surface area contributed by atoms with E-state index >= 15 is 0 Å². The molecule has 1 saturated heterocycles. The number of aromatic nitrogens is 2. The summed E-state index contributed by atoms with van der Waals surface area (Å²) in [6.45, 7) is 2.19. The second kappa shape index (κ2) is 8.54. The van der Waals surface area contributed by atoms with Crippen LogP contribution in [0, 0.1) is 0 Å². The number of methoxy groups -OCH3 is 1. The first-order valence-corrected chi connectivity index (χ1v) is 9.88. The predicted molar refractivity (Wildman–Crippen MR) is 109 cm³/mol. The van der Waals surface area contributed by atoms with Crippen molar-refractivity contribution in [1.82, 2.24) is 14.7 Å². The van der Waals surface area contributed by atoms with Crippen LogP contribution in [0.5, 0.6) is 0 Å². The van der Waals surface area contributed by atoms with Crippen molar-refractivity contribution in [3.05, 3.63) is 71.4 Å². The Morgan fingerprint density at radius 3 is 2.83 bits per heavy atom. The number of primary amides is 1. The van der Waals surface area contributed by atoms with Crippen LogP contribution in [0.1, 0.15) is 50.9 Å². The van der Waals surface area contributed by atoms with E-state index in [2.05, 4.69) is 4.90 Å². The Hall–Kier alpha value is -3.39. The molecule has 2 N–H and O–H groups in total. The van der Waals surface area contributed by atoms with E-state index in [-0.39, 0.29) is 5.92 Å². The Labute approximate surface area is 174 Å². The molecule has 156 valence electrons. The lowest BCUT2D eigenvalue weighted by Gasteiger charge is -2.31. The van der Waals surface area contributed by atoms with E-state index in [9.17, 15) is 9.59 Å². The van der Waals surface area contributed by atoms with Gasteiger partial charge in [-0.3, -0.25) is 9.69 Å². The number of hydrogen-bond acceptors (Lipinski definition) is 6. The van der Waals surface area contributed by atoms with Crippen LogP contribution in [0.2, 0.25) is 0 Å². The molecule has 8 heteroatoms. The molecule has 1 fully saturated rings. The SMILES string of the molecule is COC(=O)c1coc(CN2CCC[C@H](c3nn(-c4ccccc4)cc3C(N)=O)C2)c1. The molecule has 3 heterocycles. The van der Waals surface area contributed by atoms with Crippen molar-refractivity contribution in [3.63, 3.8) is 0 Å².